The van der Waals surface area contributed by atoms with E-state index >= 15 is 0 Å². The van der Waals surface area contributed by atoms with Crippen LogP contribution in [0.1, 0.15) is 13.3 Å². The number of ether oxygens (including phenoxy) is 2. The molecule has 2 amide bonds. The maximum absolute atomic E-state index is 11.9. The molecule has 1 atom stereocenters. The second kappa shape index (κ2) is 6.97. The van der Waals surface area contributed by atoms with Gasteiger partial charge < -0.3 is 19.7 Å². The molecule has 2 rings (SSSR count). The lowest BCUT2D eigenvalue weighted by Crippen LogP contribution is -2.42. The average molecular weight is 292 g/mol. The Hall–Kier alpha value is -2.24. The van der Waals surface area contributed by atoms with Crippen molar-refractivity contribution in [3.63, 3.8) is 0 Å². The van der Waals surface area contributed by atoms with Gasteiger partial charge in [-0.2, -0.15) is 0 Å². The molecule has 0 aliphatic carbocycles. The molecule has 1 saturated heterocycles. The van der Waals surface area contributed by atoms with Gasteiger partial charge in [0, 0.05) is 12.5 Å². The number of carbonyl (C=O) groups is 2. The topological polar surface area (TPSA) is 67.9 Å². The lowest BCUT2D eigenvalue weighted by molar-refractivity contribution is -0.131. The van der Waals surface area contributed by atoms with Crippen LogP contribution >= 0.6 is 0 Å². The zero-order chi connectivity index (χ0) is 15.2. The maximum atomic E-state index is 11.9. The second-order valence-electron chi connectivity index (χ2n) is 4.94. The Kier molecular flexibility index (Phi) is 5.03. The van der Waals surface area contributed by atoms with E-state index in [1.165, 1.54) is 0 Å². The van der Waals surface area contributed by atoms with Gasteiger partial charge in [0.15, 0.2) is 0 Å². The van der Waals surface area contributed by atoms with E-state index in [1.807, 2.05) is 31.2 Å². The van der Waals surface area contributed by atoms with E-state index in [-0.39, 0.29) is 24.4 Å². The van der Waals surface area contributed by atoms with Crippen molar-refractivity contribution in [2.45, 2.75) is 19.4 Å². The van der Waals surface area contributed by atoms with Gasteiger partial charge in [0.1, 0.15) is 18.1 Å². The van der Waals surface area contributed by atoms with Crippen molar-refractivity contribution in [2.75, 3.05) is 26.8 Å². The van der Waals surface area contributed by atoms with Gasteiger partial charge in [-0.25, -0.2) is 0 Å². The highest BCUT2D eigenvalue weighted by molar-refractivity contribution is 5.87. The molecule has 1 N–H and O–H groups in total. The van der Waals surface area contributed by atoms with Crippen LogP contribution in [0.4, 0.5) is 0 Å². The van der Waals surface area contributed by atoms with Crippen molar-refractivity contribution in [1.29, 1.82) is 0 Å². The summed E-state index contributed by atoms with van der Waals surface area (Å²) in [5.41, 5.74) is 0. The summed E-state index contributed by atoms with van der Waals surface area (Å²) in [6.07, 6.45) is 0.328. The van der Waals surface area contributed by atoms with Gasteiger partial charge in [-0.3, -0.25) is 9.59 Å². The first kappa shape index (κ1) is 15.2. The predicted octanol–water partition coefficient (Wildman–Crippen LogP) is 0.811. The standard InChI is InChI=1S/C15H20N2O4/c1-11-9-14(18)16-10-15(19)17(11)7-8-21-13-5-3-12(20-2)4-6-13/h3-6,11H,7-10H2,1-2H3,(H,16,18). The summed E-state index contributed by atoms with van der Waals surface area (Å²) in [4.78, 5) is 25.0. The minimum absolute atomic E-state index is 0.0612. The zero-order valence-corrected chi connectivity index (χ0v) is 12.3. The SMILES string of the molecule is COc1ccc(OCCN2C(=O)CNC(=O)CC2C)cc1. The summed E-state index contributed by atoms with van der Waals surface area (Å²) < 4.78 is 10.7. The van der Waals surface area contributed by atoms with Gasteiger partial charge in [-0.15, -0.1) is 0 Å². The number of nitrogens with zero attached hydrogens (tertiary/aromatic N) is 1. The van der Waals surface area contributed by atoms with Crippen molar-refractivity contribution in [2.24, 2.45) is 0 Å². The molecule has 0 saturated carbocycles. The van der Waals surface area contributed by atoms with Crippen LogP contribution in [0.2, 0.25) is 0 Å². The number of rotatable bonds is 5. The van der Waals surface area contributed by atoms with Crippen LogP contribution in [-0.2, 0) is 9.59 Å². The average Bonchev–Trinajstić information content (AvgIpc) is 2.60. The maximum Gasteiger partial charge on any atom is 0.242 e. The second-order valence-corrected chi connectivity index (χ2v) is 4.94. The molecule has 1 fully saturated rings. The molecule has 0 radical (unpaired) electrons. The summed E-state index contributed by atoms with van der Waals surface area (Å²) in [5.74, 6) is 1.32. The van der Waals surface area contributed by atoms with Crippen molar-refractivity contribution in [3.05, 3.63) is 24.3 Å². The van der Waals surface area contributed by atoms with Crippen molar-refractivity contribution in [1.82, 2.24) is 10.2 Å². The number of nitrogens with one attached hydrogen (secondary N) is 1. The number of hydrogen-bond donors (Lipinski definition) is 1. The molecule has 6 nitrogen and oxygen atoms in total. The molecule has 1 unspecified atom stereocenters. The molecule has 114 valence electrons. The highest BCUT2D eigenvalue weighted by atomic mass is 16.5. The number of benzene rings is 1. The van der Waals surface area contributed by atoms with Crippen LogP contribution in [-0.4, -0.2) is 49.6 Å². The third-order valence-corrected chi connectivity index (χ3v) is 3.43. The lowest BCUT2D eigenvalue weighted by Gasteiger charge is -2.26. The van der Waals surface area contributed by atoms with Gasteiger partial charge >= 0.3 is 0 Å². The van der Waals surface area contributed by atoms with E-state index in [9.17, 15) is 9.59 Å². The molecule has 6 heteroatoms. The van der Waals surface area contributed by atoms with Crippen LogP contribution in [0, 0.1) is 0 Å². The molecular weight excluding hydrogens is 272 g/mol. The summed E-state index contributed by atoms with van der Waals surface area (Å²) >= 11 is 0. The van der Waals surface area contributed by atoms with E-state index in [0.717, 1.165) is 11.5 Å². The fourth-order valence-electron chi connectivity index (χ4n) is 2.25. The van der Waals surface area contributed by atoms with E-state index in [1.54, 1.807) is 12.0 Å². The highest BCUT2D eigenvalue weighted by Gasteiger charge is 2.26. The molecule has 1 heterocycles. The third-order valence-electron chi connectivity index (χ3n) is 3.43. The summed E-state index contributed by atoms with van der Waals surface area (Å²) in [6.45, 7) is 2.78. The lowest BCUT2D eigenvalue weighted by atomic mass is 10.2. The Morgan fingerprint density at radius 2 is 1.90 bits per heavy atom. The quantitative estimate of drug-likeness (QED) is 0.872. The minimum atomic E-state index is -0.112. The third kappa shape index (κ3) is 4.11. The first-order valence-corrected chi connectivity index (χ1v) is 6.93. The molecular formula is C15H20N2O4. The Morgan fingerprint density at radius 3 is 2.57 bits per heavy atom. The molecule has 1 aromatic rings. The molecule has 0 spiro atoms. The molecule has 0 bridgehead atoms. The van der Waals surface area contributed by atoms with Crippen LogP contribution in [0.3, 0.4) is 0 Å². The van der Waals surface area contributed by atoms with E-state index in [4.69, 9.17) is 9.47 Å². The summed E-state index contributed by atoms with van der Waals surface area (Å²) in [7, 11) is 1.61. The Bertz CT molecular complexity index is 501. The van der Waals surface area contributed by atoms with Gasteiger partial charge in [0.05, 0.1) is 20.2 Å². The Balaban J connectivity index is 1.86. The smallest absolute Gasteiger partial charge is 0.242 e. The number of carbonyl (C=O) groups excluding carboxylic acids is 2. The predicted molar refractivity (Wildman–Crippen MR) is 77.3 cm³/mol. The van der Waals surface area contributed by atoms with Crippen molar-refractivity contribution in [3.8, 4) is 11.5 Å². The fourth-order valence-corrected chi connectivity index (χ4v) is 2.25. The van der Waals surface area contributed by atoms with E-state index in [0.29, 0.717) is 19.6 Å². The van der Waals surface area contributed by atoms with Crippen molar-refractivity contribution >= 4 is 11.8 Å². The first-order chi connectivity index (χ1) is 10.1. The highest BCUT2D eigenvalue weighted by Crippen LogP contribution is 2.17. The number of methoxy groups -OCH3 is 1. The molecule has 0 aromatic heterocycles. The monoisotopic (exact) mass is 292 g/mol. The fraction of sp³-hybridized carbons (Fsp3) is 0.467. The van der Waals surface area contributed by atoms with Gasteiger partial charge in [-0.05, 0) is 31.2 Å². The normalized spacial score (nSPS) is 19.0. The Morgan fingerprint density at radius 1 is 1.24 bits per heavy atom. The van der Waals surface area contributed by atoms with Crippen LogP contribution < -0.4 is 14.8 Å². The Labute approximate surface area is 124 Å². The minimum Gasteiger partial charge on any atom is -0.497 e. The van der Waals surface area contributed by atoms with Crippen LogP contribution in [0.15, 0.2) is 24.3 Å². The molecule has 1 aliphatic heterocycles. The molecule has 21 heavy (non-hydrogen) atoms. The largest absolute Gasteiger partial charge is 0.497 e. The number of amides is 2. The van der Waals surface area contributed by atoms with Crippen LogP contribution in [0.5, 0.6) is 11.5 Å². The zero-order valence-electron chi connectivity index (χ0n) is 12.3. The van der Waals surface area contributed by atoms with E-state index in [2.05, 4.69) is 5.32 Å². The van der Waals surface area contributed by atoms with Crippen LogP contribution in [0.25, 0.3) is 0 Å². The van der Waals surface area contributed by atoms with Gasteiger partial charge in [0.2, 0.25) is 11.8 Å². The van der Waals surface area contributed by atoms with Gasteiger partial charge in [-0.1, -0.05) is 0 Å². The first-order valence-electron chi connectivity index (χ1n) is 6.93. The van der Waals surface area contributed by atoms with E-state index < -0.39 is 0 Å². The summed E-state index contributed by atoms with van der Waals surface area (Å²) in [6, 6.07) is 7.16. The number of hydrogen-bond acceptors (Lipinski definition) is 4. The van der Waals surface area contributed by atoms with Gasteiger partial charge in [0.25, 0.3) is 0 Å². The van der Waals surface area contributed by atoms with Crippen molar-refractivity contribution < 1.29 is 19.1 Å². The summed E-state index contributed by atoms with van der Waals surface area (Å²) in [5, 5.41) is 2.59. The molecule has 1 aliphatic rings. The molecule has 1 aromatic carbocycles.